The van der Waals surface area contributed by atoms with Crippen LogP contribution in [0.1, 0.15) is 60.2 Å². The van der Waals surface area contributed by atoms with Crippen LogP contribution in [0.4, 0.5) is 25.0 Å². The van der Waals surface area contributed by atoms with Crippen molar-refractivity contribution in [2.45, 2.75) is 83.6 Å². The van der Waals surface area contributed by atoms with Gasteiger partial charge in [-0.2, -0.15) is 13.9 Å². The lowest BCUT2D eigenvalue weighted by atomic mass is 9.95. The van der Waals surface area contributed by atoms with Crippen LogP contribution in [-0.2, 0) is 19.6 Å². The molecular weight excluding hydrogens is 524 g/mol. The van der Waals surface area contributed by atoms with Crippen molar-refractivity contribution >= 4 is 33.4 Å². The number of hydrogen-bond donors (Lipinski definition) is 2. The topological polar surface area (TPSA) is 132 Å². The van der Waals surface area contributed by atoms with Crippen LogP contribution < -0.4 is 19.7 Å². The fraction of sp³-hybridized carbons (Fsp3) is 0.542. The summed E-state index contributed by atoms with van der Waals surface area (Å²) in [6.07, 6.45) is -0.321. The van der Waals surface area contributed by atoms with Crippen molar-refractivity contribution in [2.24, 2.45) is 0 Å². The molecular formula is C24H33F2N5O6S. The van der Waals surface area contributed by atoms with E-state index in [9.17, 15) is 26.8 Å². The minimum absolute atomic E-state index is 0.0938. The summed E-state index contributed by atoms with van der Waals surface area (Å²) in [5, 5.41) is 8.91. The van der Waals surface area contributed by atoms with Gasteiger partial charge in [-0.15, -0.1) is 0 Å². The van der Waals surface area contributed by atoms with Crippen LogP contribution in [0.25, 0.3) is 0 Å². The molecule has 1 aromatic heterocycles. The van der Waals surface area contributed by atoms with E-state index in [1.54, 1.807) is 34.6 Å². The molecule has 210 valence electrons. The zero-order valence-electron chi connectivity index (χ0n) is 22.3. The maximum absolute atomic E-state index is 13.8. The van der Waals surface area contributed by atoms with Gasteiger partial charge in [0, 0.05) is 24.6 Å². The summed E-state index contributed by atoms with van der Waals surface area (Å²) in [4.78, 5) is 23.5. The van der Waals surface area contributed by atoms with E-state index in [2.05, 4.69) is 15.7 Å². The maximum Gasteiger partial charge on any atom is 0.412 e. The van der Waals surface area contributed by atoms with Gasteiger partial charge < -0.3 is 14.8 Å². The van der Waals surface area contributed by atoms with Crippen LogP contribution in [0.2, 0.25) is 0 Å². The molecule has 11 nitrogen and oxygen atoms in total. The number of hydrogen-bond acceptors (Lipinski definition) is 7. The lowest BCUT2D eigenvalue weighted by molar-refractivity contribution is -0.120. The maximum atomic E-state index is 13.8. The molecule has 2 heterocycles. The number of aromatic nitrogens is 2. The molecule has 2 amide bonds. The normalized spacial score (nSPS) is 16.1. The Morgan fingerprint density at radius 3 is 2.45 bits per heavy atom. The third-order valence-electron chi connectivity index (χ3n) is 5.54. The van der Waals surface area contributed by atoms with Gasteiger partial charge in [0.15, 0.2) is 0 Å². The second-order valence-corrected chi connectivity index (χ2v) is 12.5. The van der Waals surface area contributed by atoms with Crippen molar-refractivity contribution in [1.29, 1.82) is 0 Å². The van der Waals surface area contributed by atoms with Crippen LogP contribution in [0.3, 0.4) is 0 Å². The van der Waals surface area contributed by atoms with E-state index in [4.69, 9.17) is 9.47 Å². The van der Waals surface area contributed by atoms with Crippen molar-refractivity contribution in [3.63, 3.8) is 0 Å². The van der Waals surface area contributed by atoms with Crippen LogP contribution in [0.15, 0.2) is 29.3 Å². The first-order valence-corrected chi connectivity index (χ1v) is 13.3. The van der Waals surface area contributed by atoms with E-state index in [1.807, 2.05) is 0 Å². The standard InChI is InChI=1S/C24H33F2N5O6S/c1-14-20(12-27-31(14)21(25)26)38(34,35)30-13-17(11-24(6,7)29-15(2)32)36-19-9-8-16(10-18(19)30)28-22(33)37-23(3,4)5/h8-10,12,17,21H,11,13H2,1-7H3,(H,28,33)(H,29,32)/t17-/m0/s1. The highest BCUT2D eigenvalue weighted by atomic mass is 32.2. The average Bonchev–Trinajstić information content (AvgIpc) is 3.13. The van der Waals surface area contributed by atoms with Crippen molar-refractivity contribution in [3.05, 3.63) is 30.1 Å². The zero-order valence-corrected chi connectivity index (χ0v) is 23.2. The fourth-order valence-electron chi connectivity index (χ4n) is 4.22. The Balaban J connectivity index is 2.04. The van der Waals surface area contributed by atoms with Crippen LogP contribution in [0, 0.1) is 6.92 Å². The predicted octanol–water partition coefficient (Wildman–Crippen LogP) is 4.19. The fourth-order valence-corrected chi connectivity index (χ4v) is 5.87. The number of nitrogens with one attached hydrogen (secondary N) is 2. The minimum atomic E-state index is -4.40. The quantitative estimate of drug-likeness (QED) is 0.522. The van der Waals surface area contributed by atoms with Gasteiger partial charge in [0.2, 0.25) is 5.91 Å². The molecule has 0 bridgehead atoms. The van der Waals surface area contributed by atoms with E-state index in [0.717, 1.165) is 10.5 Å². The van der Waals surface area contributed by atoms with Gasteiger partial charge in [0.1, 0.15) is 22.4 Å². The summed E-state index contributed by atoms with van der Waals surface area (Å²) < 4.78 is 67.0. The van der Waals surface area contributed by atoms with Gasteiger partial charge in [-0.1, -0.05) is 0 Å². The van der Waals surface area contributed by atoms with E-state index in [0.29, 0.717) is 4.68 Å². The highest BCUT2D eigenvalue weighted by molar-refractivity contribution is 7.92. The molecule has 38 heavy (non-hydrogen) atoms. The minimum Gasteiger partial charge on any atom is -0.486 e. The summed E-state index contributed by atoms with van der Waals surface area (Å²) in [5.41, 5.74) is -1.40. The Morgan fingerprint density at radius 2 is 1.89 bits per heavy atom. The van der Waals surface area contributed by atoms with Gasteiger partial charge in [-0.3, -0.25) is 14.4 Å². The molecule has 0 fully saturated rings. The predicted molar refractivity (Wildman–Crippen MR) is 136 cm³/mol. The Bertz CT molecular complexity index is 1320. The largest absolute Gasteiger partial charge is 0.486 e. The summed E-state index contributed by atoms with van der Waals surface area (Å²) in [5.74, 6) is -0.0688. The van der Waals surface area contributed by atoms with Crippen LogP contribution in [-0.4, -0.2) is 54.0 Å². The van der Waals surface area contributed by atoms with Crippen molar-refractivity contribution in [2.75, 3.05) is 16.2 Å². The number of amides is 2. The van der Waals surface area contributed by atoms with Crippen LogP contribution in [0.5, 0.6) is 5.75 Å². The SMILES string of the molecule is CC(=O)NC(C)(C)C[C@H]1CN(S(=O)(=O)c2cnn(C(F)F)c2C)c2cc(NC(=O)OC(C)(C)C)ccc2O1. The molecule has 0 unspecified atom stereocenters. The van der Waals surface area contributed by atoms with Gasteiger partial charge >= 0.3 is 12.6 Å². The number of alkyl halides is 2. The summed E-state index contributed by atoms with van der Waals surface area (Å²) in [6.45, 7) is 8.06. The van der Waals surface area contributed by atoms with E-state index < -0.39 is 44.8 Å². The molecule has 1 aromatic carbocycles. The number of sulfonamides is 1. The Hall–Kier alpha value is -3.42. The molecule has 0 radical (unpaired) electrons. The molecule has 1 aliphatic rings. The monoisotopic (exact) mass is 557 g/mol. The highest BCUT2D eigenvalue weighted by Crippen LogP contribution is 2.41. The summed E-state index contributed by atoms with van der Waals surface area (Å²) in [7, 11) is -4.40. The van der Waals surface area contributed by atoms with E-state index >= 15 is 0 Å². The second kappa shape index (κ2) is 10.4. The number of nitrogens with zero attached hydrogens (tertiary/aromatic N) is 3. The molecule has 2 N–H and O–H groups in total. The third kappa shape index (κ3) is 6.71. The molecule has 3 rings (SSSR count). The van der Waals surface area contributed by atoms with Gasteiger partial charge in [0.25, 0.3) is 10.0 Å². The van der Waals surface area contributed by atoms with Gasteiger partial charge in [0.05, 0.1) is 24.1 Å². The molecule has 0 saturated carbocycles. The van der Waals surface area contributed by atoms with Gasteiger partial charge in [-0.05, 0) is 59.7 Å². The molecule has 1 atom stereocenters. The molecule has 0 aliphatic carbocycles. The second-order valence-electron chi connectivity index (χ2n) is 10.7. The molecule has 0 spiro atoms. The average molecular weight is 558 g/mol. The number of rotatable bonds is 7. The van der Waals surface area contributed by atoms with E-state index in [-0.39, 0.29) is 41.7 Å². The number of benzene rings is 1. The first-order valence-electron chi connectivity index (χ1n) is 11.8. The molecule has 2 aromatic rings. The Morgan fingerprint density at radius 1 is 1.24 bits per heavy atom. The number of fused-ring (bicyclic) bond motifs is 1. The van der Waals surface area contributed by atoms with Crippen molar-refractivity contribution < 1.29 is 36.3 Å². The Labute approximate surface area is 220 Å². The summed E-state index contributed by atoms with van der Waals surface area (Å²) in [6, 6.07) is 4.42. The first-order chi connectivity index (χ1) is 17.4. The lowest BCUT2D eigenvalue weighted by Gasteiger charge is -2.38. The number of halogens is 2. The lowest BCUT2D eigenvalue weighted by Crippen LogP contribution is -2.50. The van der Waals surface area contributed by atoms with Crippen molar-refractivity contribution in [3.8, 4) is 5.75 Å². The highest BCUT2D eigenvalue weighted by Gasteiger charge is 2.39. The molecule has 0 saturated heterocycles. The molecule has 14 heteroatoms. The van der Waals surface area contributed by atoms with Crippen molar-refractivity contribution in [1.82, 2.24) is 15.1 Å². The Kier molecular flexibility index (Phi) is 7.97. The van der Waals surface area contributed by atoms with Gasteiger partial charge in [-0.25, -0.2) is 17.9 Å². The molecule has 1 aliphatic heterocycles. The number of ether oxygens (including phenoxy) is 2. The first kappa shape index (κ1) is 29.1. The summed E-state index contributed by atoms with van der Waals surface area (Å²) >= 11 is 0. The van der Waals surface area contributed by atoms with E-state index in [1.165, 1.54) is 32.0 Å². The zero-order chi connectivity index (χ0) is 28.6. The number of anilines is 2. The number of carbonyl (C=O) groups excluding carboxylic acids is 2. The smallest absolute Gasteiger partial charge is 0.412 e. The third-order valence-corrected chi connectivity index (χ3v) is 7.42. The number of carbonyl (C=O) groups is 2. The van der Waals surface area contributed by atoms with Crippen LogP contribution >= 0.6 is 0 Å².